The Morgan fingerprint density at radius 1 is 1.11 bits per heavy atom. The predicted molar refractivity (Wildman–Crippen MR) is 102 cm³/mol. The standard InChI is InChI=1S/C18H20N2O7S/c1-11-8-14(5-7-16(11)27-10-18(22)23)28(24,25)20-13-4-6-15(19-12(2)21)17(9-13)26-3/h4-9,20H,10H2,1-3H3,(H,19,21)(H,22,23). The number of anilines is 2. The van der Waals surface area contributed by atoms with Crippen LogP contribution in [0.5, 0.6) is 11.5 Å². The first-order valence-electron chi connectivity index (χ1n) is 8.06. The predicted octanol–water partition coefficient (Wildman–Crippen LogP) is 2.23. The van der Waals surface area contributed by atoms with E-state index in [0.717, 1.165) is 0 Å². The first kappa shape index (κ1) is 21.0. The van der Waals surface area contributed by atoms with E-state index in [-0.39, 0.29) is 22.2 Å². The number of amides is 1. The number of carboxylic acids is 1. The molecule has 0 saturated heterocycles. The molecule has 0 radical (unpaired) electrons. The zero-order valence-electron chi connectivity index (χ0n) is 15.5. The molecule has 0 heterocycles. The second kappa shape index (κ2) is 8.61. The number of methoxy groups -OCH3 is 1. The summed E-state index contributed by atoms with van der Waals surface area (Å²) in [6.07, 6.45) is 0. The van der Waals surface area contributed by atoms with E-state index in [4.69, 9.17) is 14.6 Å². The molecule has 9 nitrogen and oxygen atoms in total. The number of aryl methyl sites for hydroxylation is 1. The molecule has 0 bridgehead atoms. The van der Waals surface area contributed by atoms with Gasteiger partial charge in [0.25, 0.3) is 10.0 Å². The highest BCUT2D eigenvalue weighted by molar-refractivity contribution is 7.92. The SMILES string of the molecule is COc1cc(NS(=O)(=O)c2ccc(OCC(=O)O)c(C)c2)ccc1NC(C)=O. The van der Waals surface area contributed by atoms with Gasteiger partial charge >= 0.3 is 5.97 Å². The zero-order chi connectivity index (χ0) is 20.9. The topological polar surface area (TPSA) is 131 Å². The van der Waals surface area contributed by atoms with Gasteiger partial charge in [0.15, 0.2) is 6.61 Å². The minimum Gasteiger partial charge on any atom is -0.494 e. The maximum atomic E-state index is 12.6. The number of carbonyl (C=O) groups excluding carboxylic acids is 1. The molecule has 0 aliphatic heterocycles. The van der Waals surface area contributed by atoms with Gasteiger partial charge in [-0.1, -0.05) is 0 Å². The fourth-order valence-corrected chi connectivity index (χ4v) is 3.49. The molecule has 150 valence electrons. The molecule has 0 spiro atoms. The second-order valence-corrected chi connectivity index (χ2v) is 7.49. The largest absolute Gasteiger partial charge is 0.494 e. The molecule has 0 aliphatic carbocycles. The highest BCUT2D eigenvalue weighted by Gasteiger charge is 2.17. The number of rotatable bonds is 8. The summed E-state index contributed by atoms with van der Waals surface area (Å²) in [5.74, 6) is -0.839. The molecule has 0 aliphatic rings. The normalized spacial score (nSPS) is 10.8. The molecule has 2 rings (SSSR count). The summed E-state index contributed by atoms with van der Waals surface area (Å²) in [6, 6.07) is 8.54. The lowest BCUT2D eigenvalue weighted by Crippen LogP contribution is -2.14. The number of aliphatic carboxylic acids is 1. The summed E-state index contributed by atoms with van der Waals surface area (Å²) >= 11 is 0. The summed E-state index contributed by atoms with van der Waals surface area (Å²) in [6.45, 7) is 2.44. The molecular formula is C18H20N2O7S. The van der Waals surface area contributed by atoms with Crippen molar-refractivity contribution in [2.24, 2.45) is 0 Å². The number of carbonyl (C=O) groups is 2. The van der Waals surface area contributed by atoms with Crippen LogP contribution in [-0.4, -0.2) is 39.1 Å². The first-order chi connectivity index (χ1) is 13.1. The molecule has 0 fully saturated rings. The molecule has 2 aromatic carbocycles. The molecule has 0 atom stereocenters. The van der Waals surface area contributed by atoms with Crippen LogP contribution in [0.25, 0.3) is 0 Å². The third-order valence-electron chi connectivity index (χ3n) is 3.57. The summed E-state index contributed by atoms with van der Waals surface area (Å²) < 4.78 is 38.0. The lowest BCUT2D eigenvalue weighted by atomic mass is 10.2. The van der Waals surface area contributed by atoms with Gasteiger partial charge in [-0.15, -0.1) is 0 Å². The molecule has 3 N–H and O–H groups in total. The van der Waals surface area contributed by atoms with Gasteiger partial charge < -0.3 is 19.9 Å². The highest BCUT2D eigenvalue weighted by atomic mass is 32.2. The fourth-order valence-electron chi connectivity index (χ4n) is 2.35. The van der Waals surface area contributed by atoms with Crippen molar-refractivity contribution in [1.82, 2.24) is 0 Å². The molecule has 0 aromatic heterocycles. The molecule has 1 amide bonds. The van der Waals surface area contributed by atoms with Gasteiger partial charge in [0.1, 0.15) is 11.5 Å². The Kier molecular flexibility index (Phi) is 6.47. The molecule has 28 heavy (non-hydrogen) atoms. The Morgan fingerprint density at radius 3 is 2.39 bits per heavy atom. The molecule has 0 saturated carbocycles. The Labute approximate surface area is 162 Å². The average molecular weight is 408 g/mol. The van der Waals surface area contributed by atoms with Gasteiger partial charge in [-0.25, -0.2) is 13.2 Å². The summed E-state index contributed by atoms with van der Waals surface area (Å²) in [5, 5.41) is 11.2. The van der Waals surface area contributed by atoms with Crippen molar-refractivity contribution in [3.8, 4) is 11.5 Å². The fraction of sp³-hybridized carbons (Fsp3) is 0.222. The quantitative estimate of drug-likeness (QED) is 0.610. The van der Waals surface area contributed by atoms with Gasteiger partial charge in [-0.05, 0) is 42.8 Å². The van der Waals surface area contributed by atoms with E-state index in [9.17, 15) is 18.0 Å². The maximum Gasteiger partial charge on any atom is 0.341 e. The zero-order valence-corrected chi connectivity index (χ0v) is 16.3. The van der Waals surface area contributed by atoms with Gasteiger partial charge in [0, 0.05) is 13.0 Å². The second-order valence-electron chi connectivity index (χ2n) is 5.81. The lowest BCUT2D eigenvalue weighted by molar-refractivity contribution is -0.139. The van der Waals surface area contributed by atoms with Crippen LogP contribution in [0.1, 0.15) is 12.5 Å². The third kappa shape index (κ3) is 5.36. The van der Waals surface area contributed by atoms with Gasteiger partial charge in [-0.2, -0.15) is 0 Å². The van der Waals surface area contributed by atoms with Crippen molar-refractivity contribution in [1.29, 1.82) is 0 Å². The van der Waals surface area contributed by atoms with E-state index in [2.05, 4.69) is 10.0 Å². The Bertz CT molecular complexity index is 1000. The number of benzene rings is 2. The Balaban J connectivity index is 2.24. The van der Waals surface area contributed by atoms with Gasteiger partial charge in [0.2, 0.25) is 5.91 Å². The number of carboxylic acid groups (broad SMARTS) is 1. The van der Waals surface area contributed by atoms with Crippen LogP contribution in [-0.2, 0) is 19.6 Å². The van der Waals surface area contributed by atoms with E-state index in [1.165, 1.54) is 50.4 Å². The van der Waals surface area contributed by atoms with Crippen molar-refractivity contribution in [3.63, 3.8) is 0 Å². The van der Waals surface area contributed by atoms with E-state index in [1.807, 2.05) is 0 Å². The smallest absolute Gasteiger partial charge is 0.341 e. The van der Waals surface area contributed by atoms with E-state index in [0.29, 0.717) is 17.0 Å². The first-order valence-corrected chi connectivity index (χ1v) is 9.54. The third-order valence-corrected chi connectivity index (χ3v) is 4.95. The molecular weight excluding hydrogens is 388 g/mol. The monoisotopic (exact) mass is 408 g/mol. The van der Waals surface area contributed by atoms with E-state index >= 15 is 0 Å². The van der Waals surface area contributed by atoms with Crippen LogP contribution in [0.3, 0.4) is 0 Å². The Morgan fingerprint density at radius 2 is 1.82 bits per heavy atom. The van der Waals surface area contributed by atoms with E-state index < -0.39 is 22.6 Å². The number of ether oxygens (including phenoxy) is 2. The number of hydrogen-bond donors (Lipinski definition) is 3. The minimum absolute atomic E-state index is 0.0161. The summed E-state index contributed by atoms with van der Waals surface area (Å²) in [7, 11) is -2.51. The van der Waals surface area contributed by atoms with E-state index in [1.54, 1.807) is 6.92 Å². The lowest BCUT2D eigenvalue weighted by Gasteiger charge is -2.14. The van der Waals surface area contributed by atoms with Gasteiger partial charge in [0.05, 0.1) is 23.4 Å². The number of nitrogens with one attached hydrogen (secondary N) is 2. The Hall–Kier alpha value is -3.27. The minimum atomic E-state index is -3.91. The van der Waals surface area contributed by atoms with Crippen molar-refractivity contribution in [3.05, 3.63) is 42.0 Å². The summed E-state index contributed by atoms with van der Waals surface area (Å²) in [4.78, 5) is 21.8. The highest BCUT2D eigenvalue weighted by Crippen LogP contribution is 2.30. The molecule has 10 heteroatoms. The van der Waals surface area contributed by atoms with Crippen molar-refractivity contribution in [2.45, 2.75) is 18.7 Å². The maximum absolute atomic E-state index is 12.6. The van der Waals surface area contributed by atoms with Crippen LogP contribution in [0.2, 0.25) is 0 Å². The number of sulfonamides is 1. The van der Waals surface area contributed by atoms with Crippen LogP contribution >= 0.6 is 0 Å². The van der Waals surface area contributed by atoms with Crippen LogP contribution in [0.15, 0.2) is 41.3 Å². The van der Waals surface area contributed by atoms with Crippen LogP contribution in [0, 0.1) is 6.92 Å². The average Bonchev–Trinajstić information content (AvgIpc) is 2.61. The van der Waals surface area contributed by atoms with Crippen LogP contribution in [0.4, 0.5) is 11.4 Å². The van der Waals surface area contributed by atoms with Crippen molar-refractivity contribution >= 4 is 33.3 Å². The molecule has 2 aromatic rings. The number of hydrogen-bond acceptors (Lipinski definition) is 6. The molecule has 0 unspecified atom stereocenters. The van der Waals surface area contributed by atoms with Gasteiger partial charge in [-0.3, -0.25) is 9.52 Å². The van der Waals surface area contributed by atoms with Crippen molar-refractivity contribution < 1.29 is 32.6 Å². The van der Waals surface area contributed by atoms with Crippen molar-refractivity contribution in [2.75, 3.05) is 23.8 Å². The summed E-state index contributed by atoms with van der Waals surface area (Å²) in [5.41, 5.74) is 1.13. The van der Waals surface area contributed by atoms with Crippen LogP contribution < -0.4 is 19.5 Å².